The van der Waals surface area contributed by atoms with Crippen LogP contribution in [0.5, 0.6) is 17.5 Å². The molecule has 11 heteroatoms. The van der Waals surface area contributed by atoms with Gasteiger partial charge in [-0.15, -0.1) is 0 Å². The van der Waals surface area contributed by atoms with Crippen LogP contribution in [0.2, 0.25) is 0 Å². The molecule has 0 spiro atoms. The first kappa shape index (κ1) is 21.6. The van der Waals surface area contributed by atoms with Crippen molar-refractivity contribution in [1.29, 1.82) is 0 Å². The smallest absolute Gasteiger partial charge is 0.280 e. The van der Waals surface area contributed by atoms with Gasteiger partial charge < -0.3 is 23.9 Å². The van der Waals surface area contributed by atoms with Gasteiger partial charge in [0.25, 0.3) is 17.7 Å². The average molecular weight is 461 g/mol. The average Bonchev–Trinajstić information content (AvgIpc) is 2.82. The van der Waals surface area contributed by atoms with Crippen molar-refractivity contribution in [3.8, 4) is 17.5 Å². The molecule has 0 fully saturated rings. The van der Waals surface area contributed by atoms with Gasteiger partial charge in [-0.3, -0.25) is 0 Å². The molecule has 0 saturated heterocycles. The molecular formula is C21H18ClFN4O5. The Hall–Kier alpha value is -3.66. The van der Waals surface area contributed by atoms with E-state index in [2.05, 4.69) is 20.3 Å². The fourth-order valence-corrected chi connectivity index (χ4v) is 3.09. The van der Waals surface area contributed by atoms with Gasteiger partial charge in [0.2, 0.25) is 5.82 Å². The molecule has 2 aromatic rings. The normalized spacial score (nSPS) is 18.1. The van der Waals surface area contributed by atoms with E-state index in [1.165, 1.54) is 7.11 Å². The first-order valence-electron chi connectivity index (χ1n) is 9.58. The summed E-state index contributed by atoms with van der Waals surface area (Å²) in [6.45, 7) is 0.603. The lowest BCUT2D eigenvalue weighted by Gasteiger charge is -2.19. The van der Waals surface area contributed by atoms with Crippen molar-refractivity contribution in [3.05, 3.63) is 65.2 Å². The maximum Gasteiger partial charge on any atom is 0.280 e. The van der Waals surface area contributed by atoms with Crippen LogP contribution >= 0.6 is 11.6 Å². The highest BCUT2D eigenvalue weighted by Crippen LogP contribution is 2.31. The number of halogens is 2. The summed E-state index contributed by atoms with van der Waals surface area (Å²) < 4.78 is 32.0. The molecule has 2 aliphatic rings. The summed E-state index contributed by atoms with van der Waals surface area (Å²) in [7, 11) is 1.38. The minimum Gasteiger partial charge on any atom is -0.470 e. The van der Waals surface area contributed by atoms with Crippen molar-refractivity contribution >= 4 is 23.2 Å². The highest BCUT2D eigenvalue weighted by molar-refractivity contribution is 6.45. The Kier molecular flexibility index (Phi) is 6.81. The van der Waals surface area contributed by atoms with Crippen LogP contribution in [0.4, 0.5) is 4.39 Å². The molecular weight excluding hydrogens is 443 g/mol. The van der Waals surface area contributed by atoms with Gasteiger partial charge in [0.1, 0.15) is 31.9 Å². The zero-order valence-electron chi connectivity index (χ0n) is 16.9. The third-order valence-corrected chi connectivity index (χ3v) is 4.69. The second-order valence-corrected chi connectivity index (χ2v) is 6.86. The van der Waals surface area contributed by atoms with E-state index in [1.54, 1.807) is 36.4 Å². The summed E-state index contributed by atoms with van der Waals surface area (Å²) in [5.41, 5.74) is 0.627. The number of para-hydroxylation sites is 1. The summed E-state index contributed by atoms with van der Waals surface area (Å²) in [5.74, 6) is -1.16. The van der Waals surface area contributed by atoms with E-state index in [0.717, 1.165) is 6.33 Å². The topological polar surface area (TPSA) is 96.7 Å². The Bertz CT molecular complexity index is 1110. The SMILES string of the molecule is CO/N=C(\C1=NOCCO1)c1ccccc1Oc1ncnc(OC2CC=CC=C2Cl)c1F. The zero-order chi connectivity index (χ0) is 22.3. The molecule has 1 aliphatic heterocycles. The fourth-order valence-electron chi connectivity index (χ4n) is 2.88. The molecule has 0 radical (unpaired) electrons. The Morgan fingerprint density at radius 1 is 1.22 bits per heavy atom. The third kappa shape index (κ3) is 4.80. The van der Waals surface area contributed by atoms with Gasteiger partial charge in [0, 0.05) is 6.42 Å². The molecule has 32 heavy (non-hydrogen) atoms. The maximum atomic E-state index is 15.1. The Balaban J connectivity index is 1.63. The van der Waals surface area contributed by atoms with Crippen LogP contribution in [0, 0.1) is 5.82 Å². The summed E-state index contributed by atoms with van der Waals surface area (Å²) in [6, 6.07) is 6.74. The summed E-state index contributed by atoms with van der Waals surface area (Å²) in [4.78, 5) is 17.8. The molecule has 1 atom stereocenters. The van der Waals surface area contributed by atoms with Gasteiger partial charge >= 0.3 is 0 Å². The zero-order valence-corrected chi connectivity index (χ0v) is 17.7. The van der Waals surface area contributed by atoms with E-state index in [4.69, 9.17) is 35.5 Å². The number of allylic oxidation sites excluding steroid dienone is 2. The molecule has 0 bridgehead atoms. The number of ether oxygens (including phenoxy) is 3. The molecule has 1 aromatic carbocycles. The fraction of sp³-hybridized carbons (Fsp3) is 0.238. The lowest BCUT2D eigenvalue weighted by molar-refractivity contribution is 0.0672. The first-order chi connectivity index (χ1) is 15.7. The van der Waals surface area contributed by atoms with Gasteiger partial charge in [0.15, 0.2) is 12.3 Å². The second kappa shape index (κ2) is 10.1. The van der Waals surface area contributed by atoms with Crippen LogP contribution in [-0.2, 0) is 14.4 Å². The first-order valence-corrected chi connectivity index (χ1v) is 9.96. The molecule has 166 valence electrons. The third-order valence-electron chi connectivity index (χ3n) is 4.32. The standard InChI is InChI=1S/C21H18ClFN4O5/c1-28-26-18(21-27-30-11-10-29-21)13-6-2-4-8-15(13)31-19-17(23)20(25-12-24-19)32-16-9-5-3-7-14(16)22/h2-8,12,16H,9-11H2,1H3/b26-18-. The Labute approximate surface area is 187 Å². The van der Waals surface area contributed by atoms with Crippen LogP contribution < -0.4 is 9.47 Å². The van der Waals surface area contributed by atoms with Gasteiger partial charge in [-0.05, 0) is 23.4 Å². The lowest BCUT2D eigenvalue weighted by Crippen LogP contribution is -2.25. The maximum absolute atomic E-state index is 15.1. The quantitative estimate of drug-likeness (QED) is 0.456. The van der Waals surface area contributed by atoms with Gasteiger partial charge in [-0.1, -0.05) is 41.0 Å². The van der Waals surface area contributed by atoms with E-state index < -0.39 is 11.9 Å². The van der Waals surface area contributed by atoms with Crippen molar-refractivity contribution in [2.45, 2.75) is 12.5 Å². The van der Waals surface area contributed by atoms with Gasteiger partial charge in [-0.2, -0.15) is 14.4 Å². The molecule has 2 heterocycles. The molecule has 0 amide bonds. The predicted octanol–water partition coefficient (Wildman–Crippen LogP) is 3.95. The highest BCUT2D eigenvalue weighted by atomic mass is 35.5. The number of hydrogen-bond donors (Lipinski definition) is 0. The molecule has 4 rings (SSSR count). The van der Waals surface area contributed by atoms with Gasteiger partial charge in [0.05, 0.1) is 10.6 Å². The molecule has 0 N–H and O–H groups in total. The number of hydrogen-bond acceptors (Lipinski definition) is 9. The summed E-state index contributed by atoms with van der Waals surface area (Å²) in [6.07, 6.45) is 6.42. The van der Waals surface area contributed by atoms with Crippen molar-refractivity contribution < 1.29 is 28.3 Å². The number of rotatable bonds is 7. The van der Waals surface area contributed by atoms with Crippen molar-refractivity contribution in [2.75, 3.05) is 20.3 Å². The monoisotopic (exact) mass is 460 g/mol. The minimum absolute atomic E-state index is 0.105. The predicted molar refractivity (Wildman–Crippen MR) is 114 cm³/mol. The van der Waals surface area contributed by atoms with E-state index in [0.29, 0.717) is 30.2 Å². The van der Waals surface area contributed by atoms with Crippen LogP contribution in [0.15, 0.2) is 64.2 Å². The van der Waals surface area contributed by atoms with E-state index in [9.17, 15) is 0 Å². The number of oxime groups is 2. The molecule has 0 saturated carbocycles. The minimum atomic E-state index is -0.874. The molecule has 9 nitrogen and oxygen atoms in total. The van der Waals surface area contributed by atoms with E-state index in [1.807, 2.05) is 6.08 Å². The van der Waals surface area contributed by atoms with Crippen molar-refractivity contribution in [1.82, 2.24) is 9.97 Å². The lowest BCUT2D eigenvalue weighted by atomic mass is 10.1. The van der Waals surface area contributed by atoms with Crippen LogP contribution in [0.3, 0.4) is 0 Å². The highest BCUT2D eigenvalue weighted by Gasteiger charge is 2.25. The summed E-state index contributed by atoms with van der Waals surface area (Å²) >= 11 is 6.14. The largest absolute Gasteiger partial charge is 0.470 e. The second-order valence-electron chi connectivity index (χ2n) is 6.42. The van der Waals surface area contributed by atoms with Crippen LogP contribution in [0.1, 0.15) is 12.0 Å². The van der Waals surface area contributed by atoms with Crippen molar-refractivity contribution in [2.24, 2.45) is 10.3 Å². The van der Waals surface area contributed by atoms with Crippen LogP contribution in [-0.4, -0.2) is 48.0 Å². The molecule has 1 unspecified atom stereocenters. The number of nitrogens with zero attached hydrogens (tertiary/aromatic N) is 4. The summed E-state index contributed by atoms with van der Waals surface area (Å²) in [5, 5.41) is 8.27. The molecule has 1 aliphatic carbocycles. The Morgan fingerprint density at radius 3 is 2.84 bits per heavy atom. The van der Waals surface area contributed by atoms with Crippen LogP contribution in [0.25, 0.3) is 0 Å². The Morgan fingerprint density at radius 2 is 2.06 bits per heavy atom. The van der Waals surface area contributed by atoms with E-state index in [-0.39, 0.29) is 29.1 Å². The van der Waals surface area contributed by atoms with Gasteiger partial charge in [-0.25, -0.2) is 0 Å². The molecule has 1 aromatic heterocycles. The number of benzene rings is 1. The van der Waals surface area contributed by atoms with E-state index >= 15 is 4.39 Å². The van der Waals surface area contributed by atoms with Crippen molar-refractivity contribution in [3.63, 3.8) is 0 Å². The number of aromatic nitrogens is 2.